The number of nitriles is 1. The van der Waals surface area contributed by atoms with Gasteiger partial charge in [-0.15, -0.1) is 0 Å². The van der Waals surface area contributed by atoms with Crippen molar-refractivity contribution in [2.45, 2.75) is 48.5 Å². The van der Waals surface area contributed by atoms with E-state index in [-0.39, 0.29) is 6.85 Å². The summed E-state index contributed by atoms with van der Waals surface area (Å²) in [5.41, 5.74) is 33.1. The second kappa shape index (κ2) is 15.4. The van der Waals surface area contributed by atoms with Crippen molar-refractivity contribution in [2.24, 2.45) is 0 Å². The van der Waals surface area contributed by atoms with Crippen LogP contribution in [0, 0.1) is 59.8 Å². The normalized spacial score (nSPS) is 12.3. The van der Waals surface area contributed by atoms with Gasteiger partial charge in [0.2, 0.25) is 0 Å². The fraction of sp³-hybridized carbons (Fsp3) is 0.103. The highest BCUT2D eigenvalue weighted by molar-refractivity contribution is 6.90. The predicted molar refractivity (Wildman–Crippen MR) is 305 cm³/mol. The number of benzene rings is 10. The maximum absolute atomic E-state index is 9.94. The molecule has 4 heterocycles. The number of fused-ring (bicyclic) bond motifs is 10. The van der Waals surface area contributed by atoms with E-state index in [1.54, 1.807) is 0 Å². The minimum absolute atomic E-state index is 0.146. The molecule has 0 fully saturated rings. The third kappa shape index (κ3) is 5.98. The number of nitrogens with zero attached hydrogens (tertiary/aromatic N) is 3. The number of hydrogen-bond acceptors (Lipinski definition) is 1. The first-order valence-corrected chi connectivity index (χ1v) is 25.2. The third-order valence-corrected chi connectivity index (χ3v) is 16.2. The standard InChI is InChI=1S/C68H50BN3/c1-38-26-40(3)63(41(4)27-38)50-23-24-60-54(31-50)57-34-52(64-42(5)28-39(2)29-43(64)6)35-59-68(57)71(60)62-36-53(48-20-18-45(37-70)19-21-48)44(7)65-58-33-51(47-16-12-9-13-17-47)32-56-55-30-49(46-14-10-8-11-15-46)22-25-61(55)72(67(56)58)69(59)66(62)65/h8-36H,1-7H3. The molecule has 72 heavy (non-hydrogen) atoms. The molecule has 12 aromatic rings. The van der Waals surface area contributed by atoms with Crippen LogP contribution >= 0.6 is 0 Å². The number of rotatable bonds is 5. The van der Waals surface area contributed by atoms with Gasteiger partial charge in [0.15, 0.2) is 0 Å². The molecular formula is C68H50BN3. The van der Waals surface area contributed by atoms with Crippen molar-refractivity contribution in [3.63, 3.8) is 0 Å². The average molecular weight is 920 g/mol. The molecule has 0 amide bonds. The summed E-state index contributed by atoms with van der Waals surface area (Å²) < 4.78 is 5.33. The Labute approximate surface area is 421 Å². The van der Waals surface area contributed by atoms with Crippen molar-refractivity contribution in [3.8, 4) is 78.5 Å². The Hall–Kier alpha value is -8.65. The lowest BCUT2D eigenvalue weighted by Crippen LogP contribution is -2.55. The molecule has 10 aromatic carbocycles. The Bertz CT molecular complexity index is 4340. The van der Waals surface area contributed by atoms with Crippen LogP contribution in [-0.4, -0.2) is 15.9 Å². The Morgan fingerprint density at radius 2 is 0.931 bits per heavy atom. The van der Waals surface area contributed by atoms with Crippen molar-refractivity contribution in [3.05, 3.63) is 220 Å². The van der Waals surface area contributed by atoms with Crippen LogP contribution < -0.4 is 10.9 Å². The molecule has 0 aliphatic carbocycles. The van der Waals surface area contributed by atoms with Crippen LogP contribution in [0.25, 0.3) is 116 Å². The van der Waals surface area contributed by atoms with Gasteiger partial charge in [-0.05, 0) is 209 Å². The summed E-state index contributed by atoms with van der Waals surface area (Å²) in [6, 6.07) is 68.4. The number of aromatic nitrogens is 2. The molecule has 3 nitrogen and oxygen atoms in total. The van der Waals surface area contributed by atoms with E-state index in [9.17, 15) is 5.26 Å². The Morgan fingerprint density at radius 3 is 1.58 bits per heavy atom. The maximum Gasteiger partial charge on any atom is 0.333 e. The van der Waals surface area contributed by atoms with E-state index in [1.807, 2.05) is 12.1 Å². The first-order chi connectivity index (χ1) is 35.0. The first-order valence-electron chi connectivity index (χ1n) is 25.2. The van der Waals surface area contributed by atoms with Crippen molar-refractivity contribution in [1.82, 2.24) is 9.05 Å². The van der Waals surface area contributed by atoms with Crippen LogP contribution in [0.5, 0.6) is 0 Å². The molecule has 2 aliphatic heterocycles. The zero-order valence-corrected chi connectivity index (χ0v) is 41.7. The van der Waals surface area contributed by atoms with Crippen LogP contribution in [0.3, 0.4) is 0 Å². The summed E-state index contributed by atoms with van der Waals surface area (Å²) in [6.45, 7) is 15.7. The highest BCUT2D eigenvalue weighted by atomic mass is 15.0. The molecule has 0 saturated carbocycles. The summed E-state index contributed by atoms with van der Waals surface area (Å²) in [5, 5.41) is 15.0. The van der Waals surface area contributed by atoms with Gasteiger partial charge in [-0.1, -0.05) is 126 Å². The van der Waals surface area contributed by atoms with Crippen molar-refractivity contribution in [1.29, 1.82) is 5.26 Å². The fourth-order valence-corrected chi connectivity index (χ4v) is 13.5. The number of hydrogen-bond donors (Lipinski definition) is 0. The molecule has 0 N–H and O–H groups in total. The molecule has 0 radical (unpaired) electrons. The SMILES string of the molecule is Cc1cc(C)c(-c2ccc3c(c2)c2cc(-c4c(C)cc(C)cc4C)cc4c2n3-c2cc(-c3ccc(C#N)cc3)c(C)c3c2B4n2c4ccc(-c5ccccc5)cc4c4cc(-c5ccccc5)cc-3c42)c(C)c1. The van der Waals surface area contributed by atoms with Gasteiger partial charge in [0.25, 0.3) is 0 Å². The molecule has 2 aliphatic rings. The van der Waals surface area contributed by atoms with E-state index in [0.29, 0.717) is 5.56 Å². The average Bonchev–Trinajstić information content (AvgIpc) is 3.89. The summed E-state index contributed by atoms with van der Waals surface area (Å²) in [7, 11) is 0. The van der Waals surface area contributed by atoms with Gasteiger partial charge < -0.3 is 9.05 Å². The highest BCUT2D eigenvalue weighted by Crippen LogP contribution is 2.49. The topological polar surface area (TPSA) is 33.6 Å². The molecule has 0 saturated heterocycles. The molecule has 340 valence electrons. The van der Waals surface area contributed by atoms with Gasteiger partial charge in [-0.25, -0.2) is 0 Å². The van der Waals surface area contributed by atoms with E-state index in [0.717, 1.165) is 5.56 Å². The lowest BCUT2D eigenvalue weighted by Gasteiger charge is -2.36. The van der Waals surface area contributed by atoms with Gasteiger partial charge in [0, 0.05) is 43.8 Å². The summed E-state index contributed by atoms with van der Waals surface area (Å²) >= 11 is 0. The van der Waals surface area contributed by atoms with Crippen molar-refractivity contribution < 1.29 is 0 Å². The molecule has 0 unspecified atom stereocenters. The zero-order chi connectivity index (χ0) is 48.8. The van der Waals surface area contributed by atoms with Crippen molar-refractivity contribution in [2.75, 3.05) is 0 Å². The van der Waals surface area contributed by atoms with E-state index >= 15 is 0 Å². The lowest BCUT2D eigenvalue weighted by molar-refractivity contribution is 1.17. The highest BCUT2D eigenvalue weighted by Gasteiger charge is 2.43. The second-order valence-corrected chi connectivity index (χ2v) is 20.8. The van der Waals surface area contributed by atoms with Crippen molar-refractivity contribution >= 4 is 61.4 Å². The largest absolute Gasteiger partial charge is 0.375 e. The quantitative estimate of drug-likeness (QED) is 0.158. The van der Waals surface area contributed by atoms with E-state index in [2.05, 4.69) is 227 Å². The monoisotopic (exact) mass is 919 g/mol. The summed E-state index contributed by atoms with van der Waals surface area (Å²) in [5.74, 6) is 0. The fourth-order valence-electron chi connectivity index (χ4n) is 13.5. The van der Waals surface area contributed by atoms with Gasteiger partial charge in [0.05, 0.1) is 22.7 Å². The molecule has 0 atom stereocenters. The van der Waals surface area contributed by atoms with E-state index < -0.39 is 0 Å². The predicted octanol–water partition coefficient (Wildman–Crippen LogP) is 16.2. The first kappa shape index (κ1) is 42.3. The Morgan fingerprint density at radius 1 is 0.403 bits per heavy atom. The number of aryl methyl sites for hydroxylation is 6. The van der Waals surface area contributed by atoms with Crippen LogP contribution in [0.2, 0.25) is 0 Å². The zero-order valence-electron chi connectivity index (χ0n) is 41.7. The van der Waals surface area contributed by atoms with Crippen LogP contribution in [0.4, 0.5) is 0 Å². The maximum atomic E-state index is 9.94. The molecule has 0 bridgehead atoms. The van der Waals surface area contributed by atoms with Crippen LogP contribution in [-0.2, 0) is 0 Å². The minimum atomic E-state index is -0.146. The molecule has 0 spiro atoms. The lowest BCUT2D eigenvalue weighted by atomic mass is 9.45. The van der Waals surface area contributed by atoms with Gasteiger partial charge >= 0.3 is 6.85 Å². The molecule has 4 heteroatoms. The summed E-state index contributed by atoms with van der Waals surface area (Å²) in [4.78, 5) is 0. The second-order valence-electron chi connectivity index (χ2n) is 20.8. The third-order valence-electron chi connectivity index (χ3n) is 16.2. The minimum Gasteiger partial charge on any atom is -0.375 e. The van der Waals surface area contributed by atoms with Gasteiger partial charge in [-0.3, -0.25) is 0 Å². The smallest absolute Gasteiger partial charge is 0.333 e. The van der Waals surface area contributed by atoms with Crippen LogP contribution in [0.15, 0.2) is 176 Å². The Balaban J connectivity index is 1.19. The van der Waals surface area contributed by atoms with Gasteiger partial charge in [0.1, 0.15) is 0 Å². The van der Waals surface area contributed by atoms with E-state index in [1.165, 1.54) is 160 Å². The molecule has 2 aromatic heterocycles. The van der Waals surface area contributed by atoms with E-state index in [4.69, 9.17) is 0 Å². The van der Waals surface area contributed by atoms with Crippen LogP contribution in [0.1, 0.15) is 44.5 Å². The molecule has 14 rings (SSSR count). The van der Waals surface area contributed by atoms with Gasteiger partial charge in [-0.2, -0.15) is 5.26 Å². The Kier molecular flexibility index (Phi) is 9.05. The molecular weight excluding hydrogens is 870 g/mol. The summed E-state index contributed by atoms with van der Waals surface area (Å²) in [6.07, 6.45) is 0.